The molecular weight excluding hydrogens is 378 g/mol. The van der Waals surface area contributed by atoms with Gasteiger partial charge < -0.3 is 15.4 Å². The summed E-state index contributed by atoms with van der Waals surface area (Å²) in [4.78, 5) is 12.6. The quantitative estimate of drug-likeness (QED) is 0.778. The van der Waals surface area contributed by atoms with Crippen molar-refractivity contribution in [2.45, 2.75) is 18.9 Å². The van der Waals surface area contributed by atoms with E-state index in [2.05, 4.69) is 15.7 Å². The third kappa shape index (κ3) is 5.17. The summed E-state index contributed by atoms with van der Waals surface area (Å²) in [5.41, 5.74) is 1.02. The van der Waals surface area contributed by atoms with Crippen LogP contribution in [-0.2, 0) is 11.8 Å². The van der Waals surface area contributed by atoms with E-state index in [1.54, 1.807) is 17.8 Å². The average molecular weight is 401 g/mol. The summed E-state index contributed by atoms with van der Waals surface area (Å²) in [5.74, 6) is -1.69. The molecular formula is C18H23ClF2N4O2. The number of ether oxygens (including phenoxy) is 1. The van der Waals surface area contributed by atoms with Crippen LogP contribution in [0.2, 0.25) is 0 Å². The molecule has 0 radical (unpaired) electrons. The molecule has 148 valence electrons. The summed E-state index contributed by atoms with van der Waals surface area (Å²) in [5, 5.41) is 10.3. The Bertz CT molecular complexity index is 786. The highest BCUT2D eigenvalue weighted by molar-refractivity contribution is 5.85. The van der Waals surface area contributed by atoms with E-state index in [0.717, 1.165) is 24.2 Å². The number of aryl methyl sites for hydroxylation is 1. The maximum absolute atomic E-state index is 13.6. The van der Waals surface area contributed by atoms with Gasteiger partial charge in [-0.1, -0.05) is 0 Å². The Morgan fingerprint density at radius 3 is 2.89 bits per heavy atom. The van der Waals surface area contributed by atoms with E-state index in [4.69, 9.17) is 4.74 Å². The minimum Gasteiger partial charge on any atom is -0.488 e. The molecule has 1 fully saturated rings. The van der Waals surface area contributed by atoms with E-state index in [1.807, 2.05) is 13.2 Å². The smallest absolute Gasteiger partial charge is 0.225 e. The molecule has 1 aromatic heterocycles. The van der Waals surface area contributed by atoms with E-state index in [0.29, 0.717) is 6.54 Å². The highest BCUT2D eigenvalue weighted by Crippen LogP contribution is 2.28. The van der Waals surface area contributed by atoms with Crippen LogP contribution >= 0.6 is 12.4 Å². The lowest BCUT2D eigenvalue weighted by molar-refractivity contribution is -0.125. The number of nitrogens with one attached hydrogen (secondary N) is 2. The lowest BCUT2D eigenvalue weighted by Gasteiger charge is -2.21. The summed E-state index contributed by atoms with van der Waals surface area (Å²) < 4.78 is 33.6. The molecule has 9 heteroatoms. The van der Waals surface area contributed by atoms with Gasteiger partial charge in [0.1, 0.15) is 12.4 Å². The summed E-state index contributed by atoms with van der Waals surface area (Å²) >= 11 is 0. The fourth-order valence-electron chi connectivity index (χ4n) is 3.13. The second-order valence-electron chi connectivity index (χ2n) is 6.61. The van der Waals surface area contributed by atoms with Gasteiger partial charge in [0.05, 0.1) is 18.2 Å². The molecule has 0 aliphatic carbocycles. The van der Waals surface area contributed by atoms with Crippen molar-refractivity contribution in [2.75, 3.05) is 19.7 Å². The minimum absolute atomic E-state index is 0. The number of aromatic nitrogens is 2. The number of benzene rings is 1. The van der Waals surface area contributed by atoms with Crippen molar-refractivity contribution in [2.24, 2.45) is 13.0 Å². The number of carbonyl (C=O) groups excluding carboxylic acids is 1. The predicted molar refractivity (Wildman–Crippen MR) is 99.0 cm³/mol. The van der Waals surface area contributed by atoms with Gasteiger partial charge in [-0.2, -0.15) is 5.10 Å². The molecule has 0 spiro atoms. The number of hydrogen-bond donors (Lipinski definition) is 2. The highest BCUT2D eigenvalue weighted by atomic mass is 35.5. The number of hydrogen-bond acceptors (Lipinski definition) is 4. The van der Waals surface area contributed by atoms with Crippen LogP contribution in [0.15, 0.2) is 30.6 Å². The van der Waals surface area contributed by atoms with Crippen molar-refractivity contribution in [3.63, 3.8) is 0 Å². The van der Waals surface area contributed by atoms with Crippen LogP contribution in [0, 0.1) is 17.6 Å². The third-order valence-corrected chi connectivity index (χ3v) is 4.48. The number of nitrogens with zero attached hydrogens (tertiary/aromatic N) is 2. The Morgan fingerprint density at radius 2 is 2.22 bits per heavy atom. The van der Waals surface area contributed by atoms with Crippen molar-refractivity contribution >= 4 is 18.3 Å². The van der Waals surface area contributed by atoms with Crippen molar-refractivity contribution in [1.29, 1.82) is 0 Å². The Labute approximate surface area is 162 Å². The van der Waals surface area contributed by atoms with Crippen molar-refractivity contribution in [3.8, 4) is 5.75 Å². The van der Waals surface area contributed by atoms with Gasteiger partial charge in [0.25, 0.3) is 0 Å². The van der Waals surface area contributed by atoms with Gasteiger partial charge >= 0.3 is 0 Å². The highest BCUT2D eigenvalue weighted by Gasteiger charge is 2.35. The molecule has 1 aliphatic rings. The molecule has 1 amide bonds. The molecule has 2 heterocycles. The zero-order valence-corrected chi connectivity index (χ0v) is 15.9. The Morgan fingerprint density at radius 1 is 1.44 bits per heavy atom. The third-order valence-electron chi connectivity index (χ3n) is 4.48. The van der Waals surface area contributed by atoms with Crippen LogP contribution in [0.1, 0.15) is 18.4 Å². The summed E-state index contributed by atoms with van der Waals surface area (Å²) in [6.07, 6.45) is 3.70. The van der Waals surface area contributed by atoms with Gasteiger partial charge in [-0.15, -0.1) is 12.4 Å². The van der Waals surface area contributed by atoms with Crippen LogP contribution in [0.3, 0.4) is 0 Å². The van der Waals surface area contributed by atoms with Gasteiger partial charge in [-0.25, -0.2) is 8.78 Å². The zero-order valence-electron chi connectivity index (χ0n) is 15.1. The Balaban J connectivity index is 0.00000261. The van der Waals surface area contributed by atoms with Crippen molar-refractivity contribution in [1.82, 2.24) is 20.4 Å². The maximum Gasteiger partial charge on any atom is 0.225 e. The van der Waals surface area contributed by atoms with Crippen LogP contribution in [0.5, 0.6) is 5.75 Å². The molecule has 2 N–H and O–H groups in total. The van der Waals surface area contributed by atoms with Gasteiger partial charge in [0.15, 0.2) is 11.6 Å². The predicted octanol–water partition coefficient (Wildman–Crippen LogP) is 2.01. The second kappa shape index (κ2) is 9.14. The Kier molecular flexibility index (Phi) is 7.15. The standard InChI is InChI=1S/C18H22F2N4O2.ClH/c1-11(10-26-17-4-3-13(19)5-16(17)20)23-18(25)15-8-21-7-14(15)12-6-22-24(2)9-12;/h3-6,9,11,14-15,21H,7-8,10H2,1-2H3,(H,23,25);1H/t11?,14-,15+;/m1./s1. The first-order chi connectivity index (χ1) is 12.4. The normalized spacial score (nSPS) is 20.0. The lowest BCUT2D eigenvalue weighted by Crippen LogP contribution is -2.42. The fourth-order valence-corrected chi connectivity index (χ4v) is 3.13. The Hall–Kier alpha value is -2.19. The molecule has 0 bridgehead atoms. The number of rotatable bonds is 6. The van der Waals surface area contributed by atoms with E-state index < -0.39 is 11.6 Å². The van der Waals surface area contributed by atoms with Crippen molar-refractivity contribution in [3.05, 3.63) is 47.8 Å². The van der Waals surface area contributed by atoms with E-state index in [1.165, 1.54) is 6.07 Å². The summed E-state index contributed by atoms with van der Waals surface area (Å²) in [6, 6.07) is 2.81. The topological polar surface area (TPSA) is 68.2 Å². The van der Waals surface area contributed by atoms with E-state index in [-0.39, 0.29) is 48.5 Å². The first kappa shape index (κ1) is 21.1. The zero-order chi connectivity index (χ0) is 18.7. The SMILES string of the molecule is CC(COc1ccc(F)cc1F)NC(=O)[C@H]1CNC[C@@H]1c1cnn(C)c1.Cl. The van der Waals surface area contributed by atoms with E-state index >= 15 is 0 Å². The lowest BCUT2D eigenvalue weighted by atomic mass is 9.90. The fraction of sp³-hybridized carbons (Fsp3) is 0.444. The molecule has 0 saturated carbocycles. The summed E-state index contributed by atoms with van der Waals surface area (Å²) in [7, 11) is 1.84. The van der Waals surface area contributed by atoms with Gasteiger partial charge in [-0.3, -0.25) is 9.48 Å². The first-order valence-corrected chi connectivity index (χ1v) is 8.51. The molecule has 3 rings (SSSR count). The average Bonchev–Trinajstić information content (AvgIpc) is 3.22. The van der Waals surface area contributed by atoms with Crippen molar-refractivity contribution < 1.29 is 18.3 Å². The van der Waals surface area contributed by atoms with Crippen LogP contribution in [0.4, 0.5) is 8.78 Å². The van der Waals surface area contributed by atoms with Gasteiger partial charge in [0.2, 0.25) is 5.91 Å². The number of halogens is 3. The summed E-state index contributed by atoms with van der Waals surface area (Å²) in [6.45, 7) is 3.17. The molecule has 1 aliphatic heterocycles. The van der Waals surface area contributed by atoms with Crippen LogP contribution < -0.4 is 15.4 Å². The maximum atomic E-state index is 13.6. The molecule has 1 aromatic carbocycles. The molecule has 2 aromatic rings. The molecule has 6 nitrogen and oxygen atoms in total. The second-order valence-corrected chi connectivity index (χ2v) is 6.61. The van der Waals surface area contributed by atoms with Gasteiger partial charge in [0, 0.05) is 38.3 Å². The van der Waals surface area contributed by atoms with Crippen LogP contribution in [0.25, 0.3) is 0 Å². The minimum atomic E-state index is -0.764. The number of carbonyl (C=O) groups is 1. The monoisotopic (exact) mass is 400 g/mol. The molecule has 3 atom stereocenters. The number of amides is 1. The van der Waals surface area contributed by atoms with Gasteiger partial charge in [-0.05, 0) is 24.6 Å². The molecule has 1 saturated heterocycles. The van der Waals surface area contributed by atoms with E-state index in [9.17, 15) is 13.6 Å². The van der Waals surface area contributed by atoms with Crippen LogP contribution in [-0.4, -0.2) is 41.4 Å². The molecule has 27 heavy (non-hydrogen) atoms. The largest absolute Gasteiger partial charge is 0.488 e. The first-order valence-electron chi connectivity index (χ1n) is 8.51. The molecule has 1 unspecified atom stereocenters.